The number of methoxy groups -OCH3 is 1. The van der Waals surface area contributed by atoms with Gasteiger partial charge in [0.2, 0.25) is 0 Å². The molecule has 1 heterocycles. The molecule has 1 fully saturated rings. The summed E-state index contributed by atoms with van der Waals surface area (Å²) < 4.78 is 10.8. The van der Waals surface area contributed by atoms with E-state index >= 15 is 0 Å². The summed E-state index contributed by atoms with van der Waals surface area (Å²) >= 11 is 0. The van der Waals surface area contributed by atoms with E-state index in [2.05, 4.69) is 22.8 Å². The van der Waals surface area contributed by atoms with Crippen LogP contribution in [0, 0.1) is 0 Å². The second-order valence-corrected chi connectivity index (χ2v) is 8.20. The van der Waals surface area contributed by atoms with Gasteiger partial charge in [0, 0.05) is 31.2 Å². The third-order valence-electron chi connectivity index (χ3n) is 6.03. The van der Waals surface area contributed by atoms with Crippen LogP contribution in [0.3, 0.4) is 0 Å². The zero-order valence-electron chi connectivity index (χ0n) is 18.4. The van der Waals surface area contributed by atoms with Crippen molar-refractivity contribution in [2.24, 2.45) is 0 Å². The number of aryl methyl sites for hydroxylation is 1. The van der Waals surface area contributed by atoms with Crippen LogP contribution in [0.4, 0.5) is 0 Å². The van der Waals surface area contributed by atoms with Gasteiger partial charge in [-0.3, -0.25) is 9.59 Å². The Kier molecular flexibility index (Phi) is 8.06. The summed E-state index contributed by atoms with van der Waals surface area (Å²) in [6, 6.07) is 17.9. The molecular formula is C25H32N2O4. The molecule has 6 nitrogen and oxygen atoms in total. The minimum Gasteiger partial charge on any atom is -0.497 e. The average molecular weight is 425 g/mol. The number of carbonyl (C=O) groups excluding carboxylic acids is 2. The molecule has 31 heavy (non-hydrogen) atoms. The van der Waals surface area contributed by atoms with Crippen LogP contribution in [-0.2, 0) is 26.2 Å². The number of benzene rings is 2. The molecule has 166 valence electrons. The van der Waals surface area contributed by atoms with E-state index in [0.717, 1.165) is 37.0 Å². The first kappa shape index (κ1) is 22.8. The lowest BCUT2D eigenvalue weighted by Crippen LogP contribution is -2.49. The lowest BCUT2D eigenvalue weighted by Gasteiger charge is -2.38. The summed E-state index contributed by atoms with van der Waals surface area (Å²) in [4.78, 5) is 24.9. The van der Waals surface area contributed by atoms with E-state index in [0.29, 0.717) is 19.8 Å². The van der Waals surface area contributed by atoms with Crippen molar-refractivity contribution in [3.8, 4) is 5.75 Å². The standard InChI is InChI=1S/C25H32N2O4/c1-19(8-9-20-6-4-3-5-7-20)27-24(29)23(28)26-18-25(14-16-31-17-15-25)21-10-12-22(30-2)13-11-21/h3-7,10-13,19H,8-9,14-18H2,1-2H3,(H,26,28)(H,27,29). The molecule has 3 rings (SSSR count). The van der Waals surface area contributed by atoms with Crippen LogP contribution in [0.1, 0.15) is 37.3 Å². The summed E-state index contributed by atoms with van der Waals surface area (Å²) in [5, 5.41) is 5.67. The fourth-order valence-corrected chi connectivity index (χ4v) is 3.99. The van der Waals surface area contributed by atoms with Crippen LogP contribution in [0.15, 0.2) is 54.6 Å². The van der Waals surface area contributed by atoms with Crippen molar-refractivity contribution in [2.45, 2.75) is 44.1 Å². The highest BCUT2D eigenvalue weighted by atomic mass is 16.5. The third kappa shape index (κ3) is 6.31. The van der Waals surface area contributed by atoms with Crippen LogP contribution < -0.4 is 15.4 Å². The zero-order valence-corrected chi connectivity index (χ0v) is 18.4. The molecule has 6 heteroatoms. The smallest absolute Gasteiger partial charge is 0.309 e. The topological polar surface area (TPSA) is 76.7 Å². The number of hydrogen-bond donors (Lipinski definition) is 2. The Morgan fingerprint density at radius 3 is 2.35 bits per heavy atom. The highest BCUT2D eigenvalue weighted by Crippen LogP contribution is 2.35. The average Bonchev–Trinajstić information content (AvgIpc) is 2.82. The molecule has 1 atom stereocenters. The molecular weight excluding hydrogens is 392 g/mol. The fraction of sp³-hybridized carbons (Fsp3) is 0.440. The number of ether oxygens (including phenoxy) is 2. The van der Waals surface area contributed by atoms with Gasteiger partial charge in [0.25, 0.3) is 0 Å². The lowest BCUT2D eigenvalue weighted by atomic mass is 9.74. The van der Waals surface area contributed by atoms with Crippen LogP contribution in [-0.4, -0.2) is 44.7 Å². The first-order chi connectivity index (χ1) is 15.0. The second-order valence-electron chi connectivity index (χ2n) is 8.20. The van der Waals surface area contributed by atoms with Crippen LogP contribution in [0.25, 0.3) is 0 Å². The molecule has 0 radical (unpaired) electrons. The Balaban J connectivity index is 1.54. The summed E-state index contributed by atoms with van der Waals surface area (Å²) in [5.74, 6) is -0.387. The van der Waals surface area contributed by atoms with E-state index in [1.807, 2.05) is 49.4 Å². The van der Waals surface area contributed by atoms with Crippen LogP contribution in [0.2, 0.25) is 0 Å². The molecule has 0 bridgehead atoms. The van der Waals surface area contributed by atoms with Gasteiger partial charge >= 0.3 is 11.8 Å². The van der Waals surface area contributed by atoms with Gasteiger partial charge in [0.15, 0.2) is 0 Å². The van der Waals surface area contributed by atoms with Gasteiger partial charge in [-0.15, -0.1) is 0 Å². The van der Waals surface area contributed by atoms with Gasteiger partial charge in [0.1, 0.15) is 5.75 Å². The fourth-order valence-electron chi connectivity index (χ4n) is 3.99. The molecule has 2 aromatic carbocycles. The highest BCUT2D eigenvalue weighted by Gasteiger charge is 2.35. The molecule has 1 aliphatic heterocycles. The molecule has 0 aliphatic carbocycles. The number of hydrogen-bond acceptors (Lipinski definition) is 4. The summed E-state index contributed by atoms with van der Waals surface area (Å²) in [7, 11) is 1.64. The summed E-state index contributed by atoms with van der Waals surface area (Å²) in [6.07, 6.45) is 3.20. The molecule has 0 saturated carbocycles. The maximum atomic E-state index is 12.5. The minimum absolute atomic E-state index is 0.0860. The van der Waals surface area contributed by atoms with E-state index in [4.69, 9.17) is 9.47 Å². The summed E-state index contributed by atoms with van der Waals surface area (Å²) in [6.45, 7) is 3.58. The van der Waals surface area contributed by atoms with E-state index in [-0.39, 0.29) is 11.5 Å². The molecule has 0 spiro atoms. The van der Waals surface area contributed by atoms with Crippen molar-refractivity contribution in [1.82, 2.24) is 10.6 Å². The molecule has 2 aromatic rings. The van der Waals surface area contributed by atoms with E-state index in [1.54, 1.807) is 7.11 Å². The van der Waals surface area contributed by atoms with Gasteiger partial charge in [-0.05, 0) is 55.9 Å². The monoisotopic (exact) mass is 424 g/mol. The predicted molar refractivity (Wildman–Crippen MR) is 120 cm³/mol. The Hall–Kier alpha value is -2.86. The van der Waals surface area contributed by atoms with Gasteiger partial charge < -0.3 is 20.1 Å². The quantitative estimate of drug-likeness (QED) is 0.639. The lowest BCUT2D eigenvalue weighted by molar-refractivity contribution is -0.139. The van der Waals surface area contributed by atoms with Crippen molar-refractivity contribution in [3.63, 3.8) is 0 Å². The minimum atomic E-state index is -0.592. The Labute approximate surface area is 184 Å². The molecule has 2 amide bonds. The third-order valence-corrected chi connectivity index (χ3v) is 6.03. The highest BCUT2D eigenvalue weighted by molar-refractivity contribution is 6.35. The van der Waals surface area contributed by atoms with Crippen molar-refractivity contribution in [3.05, 3.63) is 65.7 Å². The van der Waals surface area contributed by atoms with Crippen LogP contribution in [0.5, 0.6) is 5.75 Å². The maximum absolute atomic E-state index is 12.5. The van der Waals surface area contributed by atoms with E-state index in [1.165, 1.54) is 5.56 Å². The van der Waals surface area contributed by atoms with Crippen molar-refractivity contribution < 1.29 is 19.1 Å². The molecule has 2 N–H and O–H groups in total. The first-order valence-corrected chi connectivity index (χ1v) is 10.9. The Morgan fingerprint density at radius 1 is 1.03 bits per heavy atom. The normalized spacial score (nSPS) is 16.2. The van der Waals surface area contributed by atoms with E-state index in [9.17, 15) is 9.59 Å². The maximum Gasteiger partial charge on any atom is 0.309 e. The van der Waals surface area contributed by atoms with Gasteiger partial charge in [-0.2, -0.15) is 0 Å². The molecule has 1 aliphatic rings. The second kappa shape index (κ2) is 11.0. The largest absolute Gasteiger partial charge is 0.497 e. The number of carbonyl (C=O) groups is 2. The number of rotatable bonds is 8. The zero-order chi connectivity index (χ0) is 22.1. The first-order valence-electron chi connectivity index (χ1n) is 10.9. The summed E-state index contributed by atoms with van der Waals surface area (Å²) in [5.41, 5.74) is 2.09. The number of amides is 2. The van der Waals surface area contributed by atoms with Crippen molar-refractivity contribution in [2.75, 3.05) is 26.9 Å². The Morgan fingerprint density at radius 2 is 1.71 bits per heavy atom. The van der Waals surface area contributed by atoms with Crippen molar-refractivity contribution >= 4 is 11.8 Å². The molecule has 1 saturated heterocycles. The SMILES string of the molecule is COc1ccc(C2(CNC(=O)C(=O)NC(C)CCc3ccccc3)CCOCC2)cc1. The molecule has 0 aromatic heterocycles. The van der Waals surface area contributed by atoms with Gasteiger partial charge in [-0.25, -0.2) is 0 Å². The van der Waals surface area contributed by atoms with Gasteiger partial charge in [0.05, 0.1) is 7.11 Å². The van der Waals surface area contributed by atoms with Crippen LogP contribution >= 0.6 is 0 Å². The predicted octanol–water partition coefficient (Wildman–Crippen LogP) is 3.00. The van der Waals surface area contributed by atoms with Gasteiger partial charge in [-0.1, -0.05) is 42.5 Å². The molecule has 1 unspecified atom stereocenters. The van der Waals surface area contributed by atoms with E-state index < -0.39 is 11.8 Å². The van der Waals surface area contributed by atoms with Crippen molar-refractivity contribution in [1.29, 1.82) is 0 Å². The Bertz CT molecular complexity index is 846. The number of nitrogens with one attached hydrogen (secondary N) is 2.